The Kier molecular flexibility index (Phi) is 7.65. The van der Waals surface area contributed by atoms with Gasteiger partial charge in [0.05, 0.1) is 33.1 Å². The lowest BCUT2D eigenvalue weighted by atomic mass is 9.66. The lowest BCUT2D eigenvalue weighted by Gasteiger charge is -2.33. The molecule has 342 valence electrons. The highest BCUT2D eigenvalue weighted by atomic mass is 32.1. The molecule has 0 aliphatic carbocycles. The molecule has 0 N–H and O–H groups in total. The SMILES string of the molecule is c1ccc2c(c1)sc1ccc3c4ccccc4n(-c4ccc5c(c4)OB4Oc6cc(-n7c8ccccc8c8ccc9sc%10ccccc%10c9c87)ccc6-c6cc(-n7c8ccccc8c8ccccc87)cc-5c64)c3c12. The molecule has 18 rings (SSSR count). The van der Waals surface area contributed by atoms with E-state index in [1.54, 1.807) is 0 Å². The molecule has 0 bridgehead atoms. The number of hydrogen-bond acceptors (Lipinski definition) is 4. The normalized spacial score (nSPS) is 13.1. The van der Waals surface area contributed by atoms with Crippen molar-refractivity contribution in [2.45, 2.75) is 0 Å². The fraction of sp³-hybridized carbons (Fsp3) is 0. The molecule has 0 saturated heterocycles. The van der Waals surface area contributed by atoms with Gasteiger partial charge in [-0.05, 0) is 96.1 Å². The first-order valence-electron chi connectivity index (χ1n) is 25.2. The predicted molar refractivity (Wildman–Crippen MR) is 313 cm³/mol. The van der Waals surface area contributed by atoms with Crippen LogP contribution in [0.15, 0.2) is 218 Å². The van der Waals surface area contributed by atoms with Gasteiger partial charge in [0.25, 0.3) is 0 Å². The van der Waals surface area contributed by atoms with Crippen molar-refractivity contribution in [2.24, 2.45) is 0 Å². The highest BCUT2D eigenvalue weighted by molar-refractivity contribution is 7.26. The van der Waals surface area contributed by atoms with E-state index in [0.29, 0.717) is 0 Å². The molecule has 2 aliphatic rings. The van der Waals surface area contributed by atoms with E-state index in [4.69, 9.17) is 9.31 Å². The summed E-state index contributed by atoms with van der Waals surface area (Å²) in [6.45, 7) is 0. The fourth-order valence-corrected chi connectivity index (χ4v) is 15.3. The van der Waals surface area contributed by atoms with Gasteiger partial charge in [0.2, 0.25) is 0 Å². The van der Waals surface area contributed by atoms with E-state index < -0.39 is 7.12 Å². The molecule has 2 aliphatic heterocycles. The molecular formula is C66H36BN3O2S2. The van der Waals surface area contributed by atoms with Gasteiger partial charge in [-0.15, -0.1) is 22.7 Å². The lowest BCUT2D eigenvalue weighted by Crippen LogP contribution is -2.49. The van der Waals surface area contributed by atoms with Crippen LogP contribution in [0.25, 0.3) is 145 Å². The topological polar surface area (TPSA) is 33.2 Å². The zero-order chi connectivity index (χ0) is 47.9. The monoisotopic (exact) mass is 977 g/mol. The van der Waals surface area contributed by atoms with Gasteiger partial charge in [0.1, 0.15) is 11.5 Å². The van der Waals surface area contributed by atoms with Crippen LogP contribution in [0.5, 0.6) is 11.5 Å². The molecule has 0 radical (unpaired) electrons. The van der Waals surface area contributed by atoms with E-state index in [1.165, 1.54) is 94.7 Å². The first-order valence-corrected chi connectivity index (χ1v) is 26.8. The summed E-state index contributed by atoms with van der Waals surface area (Å²) in [7, 11) is -0.700. The van der Waals surface area contributed by atoms with Crippen molar-refractivity contribution in [3.05, 3.63) is 218 Å². The molecule has 7 heterocycles. The van der Waals surface area contributed by atoms with Gasteiger partial charge in [0, 0.05) is 118 Å². The molecule has 0 unspecified atom stereocenters. The maximum Gasteiger partial charge on any atom is 0.633 e. The standard InChI is InChI=1S/C66H36BN3O2S2/c1-7-19-52-40(13-1)41-14-2-8-20-53(41)68(52)39-33-50-44-27-25-37(69-54-21-9-3-15-42(54)46-29-31-60-62(65(46)69)48-17-5-11-23-58(48)73-60)35-56(44)71-67-64(50)51(34-39)45-28-26-38(36-57(45)72-67)70-55-22-10-4-16-43(55)47-30-32-61-63(66(47)70)49-18-6-12-24-59(49)74-61/h1-36H. The van der Waals surface area contributed by atoms with Crippen LogP contribution in [0.4, 0.5) is 0 Å². The van der Waals surface area contributed by atoms with Crippen molar-refractivity contribution in [1.82, 2.24) is 13.7 Å². The van der Waals surface area contributed by atoms with Crippen LogP contribution in [0.3, 0.4) is 0 Å². The Morgan fingerprint density at radius 1 is 0.297 bits per heavy atom. The Hall–Kier alpha value is -9.08. The minimum atomic E-state index is -0.700. The van der Waals surface area contributed by atoms with E-state index >= 15 is 0 Å². The third-order valence-corrected chi connectivity index (χ3v) is 18.4. The molecule has 16 aromatic rings. The third-order valence-electron chi connectivity index (χ3n) is 16.1. The van der Waals surface area contributed by atoms with Crippen LogP contribution in [-0.2, 0) is 0 Å². The summed E-state index contributed by atoms with van der Waals surface area (Å²) in [5.74, 6) is 1.57. The molecule has 0 spiro atoms. The molecule has 0 atom stereocenters. The molecule has 0 fully saturated rings. The Balaban J connectivity index is 0.890. The van der Waals surface area contributed by atoms with E-state index in [1.807, 2.05) is 22.7 Å². The smallest absolute Gasteiger partial charge is 0.521 e. The highest BCUT2D eigenvalue weighted by Crippen LogP contribution is 2.49. The van der Waals surface area contributed by atoms with Crippen molar-refractivity contribution < 1.29 is 9.31 Å². The minimum absolute atomic E-state index is 0.700. The Morgan fingerprint density at radius 2 is 0.689 bits per heavy atom. The highest BCUT2D eigenvalue weighted by Gasteiger charge is 2.43. The van der Waals surface area contributed by atoms with Crippen LogP contribution in [0.1, 0.15) is 0 Å². The van der Waals surface area contributed by atoms with E-state index in [9.17, 15) is 0 Å². The number of aromatic nitrogens is 3. The summed E-state index contributed by atoms with van der Waals surface area (Å²) in [6.07, 6.45) is 0. The second kappa shape index (κ2) is 14.3. The summed E-state index contributed by atoms with van der Waals surface area (Å²) < 4.78 is 27.1. The largest absolute Gasteiger partial charge is 0.633 e. The summed E-state index contributed by atoms with van der Waals surface area (Å²) in [5.41, 5.74) is 15.6. The Bertz CT molecular complexity index is 4870. The first-order chi connectivity index (χ1) is 36.7. The van der Waals surface area contributed by atoms with Gasteiger partial charge in [0.15, 0.2) is 0 Å². The second-order valence-corrected chi connectivity index (χ2v) is 22.0. The van der Waals surface area contributed by atoms with Gasteiger partial charge >= 0.3 is 7.12 Å². The average molecular weight is 978 g/mol. The van der Waals surface area contributed by atoms with Crippen LogP contribution in [0.2, 0.25) is 0 Å². The number of fused-ring (bicyclic) bond motifs is 21. The maximum atomic E-state index is 7.29. The van der Waals surface area contributed by atoms with Crippen LogP contribution in [0, 0.1) is 0 Å². The van der Waals surface area contributed by atoms with Crippen molar-refractivity contribution in [2.75, 3.05) is 0 Å². The number of thiophene rings is 2. The van der Waals surface area contributed by atoms with Gasteiger partial charge in [-0.2, -0.15) is 0 Å². The summed E-state index contributed by atoms with van der Waals surface area (Å²) in [4.78, 5) is 0. The van der Waals surface area contributed by atoms with Crippen LogP contribution in [-0.4, -0.2) is 20.8 Å². The number of nitrogens with zero attached hydrogens (tertiary/aromatic N) is 3. The number of para-hydroxylation sites is 4. The maximum absolute atomic E-state index is 7.29. The summed E-state index contributed by atoms with van der Waals surface area (Å²) >= 11 is 3.71. The summed E-state index contributed by atoms with van der Waals surface area (Å²) in [5, 5.41) is 12.5. The van der Waals surface area contributed by atoms with Gasteiger partial charge < -0.3 is 23.0 Å². The van der Waals surface area contributed by atoms with Gasteiger partial charge in [-0.25, -0.2) is 0 Å². The average Bonchev–Trinajstić information content (AvgIpc) is 4.26. The fourth-order valence-electron chi connectivity index (χ4n) is 13.0. The third kappa shape index (κ3) is 5.13. The molecule has 5 aromatic heterocycles. The Morgan fingerprint density at radius 3 is 1.15 bits per heavy atom. The quantitative estimate of drug-likeness (QED) is 0.165. The van der Waals surface area contributed by atoms with Gasteiger partial charge in [-0.1, -0.05) is 121 Å². The second-order valence-electron chi connectivity index (χ2n) is 19.8. The molecule has 74 heavy (non-hydrogen) atoms. The van der Waals surface area contributed by atoms with Crippen LogP contribution < -0.4 is 14.8 Å². The number of hydrogen-bond donors (Lipinski definition) is 0. The first kappa shape index (κ1) is 39.5. The minimum Gasteiger partial charge on any atom is -0.521 e. The van der Waals surface area contributed by atoms with Crippen LogP contribution >= 0.6 is 22.7 Å². The molecule has 8 heteroatoms. The Labute approximate surface area is 430 Å². The molecular weight excluding hydrogens is 942 g/mol. The van der Waals surface area contributed by atoms with Gasteiger partial charge in [-0.3, -0.25) is 0 Å². The van der Waals surface area contributed by atoms with Crippen molar-refractivity contribution in [3.63, 3.8) is 0 Å². The number of rotatable bonds is 3. The lowest BCUT2D eigenvalue weighted by molar-refractivity contribution is 0.436. The zero-order valence-corrected chi connectivity index (χ0v) is 41.0. The number of benzene rings is 11. The van der Waals surface area contributed by atoms with Crippen molar-refractivity contribution in [1.29, 1.82) is 0 Å². The predicted octanol–water partition coefficient (Wildman–Crippen LogP) is 17.5. The van der Waals surface area contributed by atoms with Crippen molar-refractivity contribution in [3.8, 4) is 50.8 Å². The van der Waals surface area contributed by atoms with E-state index in [-0.39, 0.29) is 0 Å². The molecule has 0 saturated carbocycles. The van der Waals surface area contributed by atoms with Crippen molar-refractivity contribution >= 4 is 141 Å². The molecule has 0 amide bonds. The summed E-state index contributed by atoms with van der Waals surface area (Å²) in [6, 6.07) is 80.3. The van der Waals surface area contributed by atoms with E-state index in [2.05, 4.69) is 232 Å². The molecule has 11 aromatic carbocycles. The zero-order valence-electron chi connectivity index (χ0n) is 39.3. The van der Waals surface area contributed by atoms with E-state index in [0.717, 1.165) is 67.3 Å². The molecule has 5 nitrogen and oxygen atoms in total.